The van der Waals surface area contributed by atoms with Gasteiger partial charge in [0.25, 0.3) is 0 Å². The van der Waals surface area contributed by atoms with Crippen molar-refractivity contribution in [3.63, 3.8) is 0 Å². The fourth-order valence-corrected chi connectivity index (χ4v) is 6.82. The van der Waals surface area contributed by atoms with E-state index in [2.05, 4.69) is 10.1 Å². The van der Waals surface area contributed by atoms with Gasteiger partial charge < -0.3 is 15.2 Å². The molecule has 2 atom stereocenters. The van der Waals surface area contributed by atoms with Gasteiger partial charge in [0, 0.05) is 46.2 Å². The van der Waals surface area contributed by atoms with Crippen molar-refractivity contribution >= 4 is 16.5 Å². The molecule has 37 heavy (non-hydrogen) atoms. The zero-order valence-corrected chi connectivity index (χ0v) is 22.5. The van der Waals surface area contributed by atoms with E-state index in [0.717, 1.165) is 11.3 Å². The van der Waals surface area contributed by atoms with Crippen LogP contribution in [0.15, 0.2) is 24.3 Å². The predicted octanol–water partition coefficient (Wildman–Crippen LogP) is 5.01. The number of aliphatic hydroxyl groups is 1. The maximum absolute atomic E-state index is 13.3. The highest BCUT2D eigenvalue weighted by Gasteiger charge is 2.39. The van der Waals surface area contributed by atoms with E-state index in [1.54, 1.807) is 30.7 Å². The van der Waals surface area contributed by atoms with E-state index in [-0.39, 0.29) is 29.1 Å². The van der Waals surface area contributed by atoms with E-state index in [1.165, 1.54) is 12.1 Å². The van der Waals surface area contributed by atoms with Crippen molar-refractivity contribution < 1.29 is 32.5 Å². The molecule has 1 aliphatic carbocycles. The molecule has 0 spiro atoms. The van der Waals surface area contributed by atoms with Gasteiger partial charge in [0.1, 0.15) is 5.75 Å². The van der Waals surface area contributed by atoms with E-state index >= 15 is 0 Å². The number of fused-ring (bicyclic) bond motifs is 1. The number of nitrogens with zero attached hydrogens (tertiary/aromatic N) is 2. The first-order valence-electron chi connectivity index (χ1n) is 12.6. The Morgan fingerprint density at radius 3 is 2.59 bits per heavy atom. The number of benzene rings is 1. The fourth-order valence-electron chi connectivity index (χ4n) is 5.06. The van der Waals surface area contributed by atoms with Gasteiger partial charge in [-0.1, -0.05) is 12.1 Å². The minimum Gasteiger partial charge on any atom is -0.435 e. The Kier molecular flexibility index (Phi) is 7.64. The van der Waals surface area contributed by atoms with Gasteiger partial charge in [-0.2, -0.15) is 24.5 Å². The number of amides is 1. The second-order valence-corrected chi connectivity index (χ2v) is 13.6. The van der Waals surface area contributed by atoms with Crippen LogP contribution < -0.4 is 10.1 Å². The van der Waals surface area contributed by atoms with Crippen LogP contribution in [0.5, 0.6) is 5.75 Å². The second-order valence-electron chi connectivity index (χ2n) is 11.2. The molecule has 0 bridgehead atoms. The normalized spacial score (nSPS) is 22.7. The lowest BCUT2D eigenvalue weighted by Gasteiger charge is -2.45. The maximum Gasteiger partial charge on any atom is 0.387 e. The van der Waals surface area contributed by atoms with E-state index in [4.69, 9.17) is 5.10 Å². The SMILES string of the molecule is CC(n1nc(-c2cccc(OC(F)F)c2)c2c1C[C@H](C(=O)NC1(C)CCS(O)(O)CC1)CC2)C(C)(C)O. The molecule has 1 amide bonds. The zero-order valence-electron chi connectivity index (χ0n) is 21.7. The van der Waals surface area contributed by atoms with Crippen LogP contribution in [0.2, 0.25) is 0 Å². The molecule has 1 saturated heterocycles. The van der Waals surface area contributed by atoms with Crippen LogP contribution in [0.4, 0.5) is 8.78 Å². The topological polar surface area (TPSA) is 117 Å². The molecule has 4 N–H and O–H groups in total. The lowest BCUT2D eigenvalue weighted by Crippen LogP contribution is -2.52. The monoisotopic (exact) mass is 541 g/mol. The Morgan fingerprint density at radius 1 is 1.30 bits per heavy atom. The van der Waals surface area contributed by atoms with Crippen molar-refractivity contribution in [2.24, 2.45) is 5.92 Å². The molecule has 1 aromatic heterocycles. The van der Waals surface area contributed by atoms with Gasteiger partial charge in [-0.3, -0.25) is 18.6 Å². The molecule has 4 rings (SSSR count). The number of carbonyl (C=O) groups excluding carboxylic acids is 1. The molecule has 1 fully saturated rings. The van der Waals surface area contributed by atoms with E-state index in [0.29, 0.717) is 43.4 Å². The van der Waals surface area contributed by atoms with Crippen LogP contribution in [0.1, 0.15) is 64.3 Å². The van der Waals surface area contributed by atoms with E-state index < -0.39 is 34.4 Å². The molecule has 0 saturated carbocycles. The average molecular weight is 542 g/mol. The highest BCUT2D eigenvalue weighted by atomic mass is 32.3. The molecule has 2 heterocycles. The number of aromatic nitrogens is 2. The van der Waals surface area contributed by atoms with Gasteiger partial charge in [-0.25, -0.2) is 0 Å². The first kappa shape index (κ1) is 27.8. The van der Waals surface area contributed by atoms with Gasteiger partial charge in [0.15, 0.2) is 0 Å². The van der Waals surface area contributed by atoms with Crippen LogP contribution in [-0.4, -0.2) is 59.2 Å². The van der Waals surface area contributed by atoms with Gasteiger partial charge in [-0.15, -0.1) is 0 Å². The Balaban J connectivity index is 1.62. The number of nitrogens with one attached hydrogen (secondary N) is 1. The maximum atomic E-state index is 13.3. The van der Waals surface area contributed by atoms with Crippen LogP contribution in [-0.2, 0) is 17.6 Å². The molecule has 1 aliphatic heterocycles. The highest BCUT2D eigenvalue weighted by Crippen LogP contribution is 2.47. The van der Waals surface area contributed by atoms with E-state index in [9.17, 15) is 27.8 Å². The van der Waals surface area contributed by atoms with Gasteiger partial charge in [-0.05, 0) is 65.5 Å². The Hall–Kier alpha value is -2.21. The average Bonchev–Trinajstić information content (AvgIpc) is 3.19. The number of hydrogen-bond donors (Lipinski definition) is 4. The number of halogens is 2. The fraction of sp³-hybridized carbons (Fsp3) is 0.615. The Morgan fingerprint density at radius 2 is 1.97 bits per heavy atom. The number of ether oxygens (including phenoxy) is 1. The number of rotatable bonds is 7. The van der Waals surface area contributed by atoms with Crippen LogP contribution in [0.3, 0.4) is 0 Å². The number of carbonyl (C=O) groups is 1. The van der Waals surface area contributed by atoms with Crippen LogP contribution >= 0.6 is 10.6 Å². The molecule has 1 aromatic carbocycles. The summed E-state index contributed by atoms with van der Waals surface area (Å²) in [5.74, 6) is 0.219. The van der Waals surface area contributed by atoms with Crippen molar-refractivity contribution in [3.05, 3.63) is 35.5 Å². The highest BCUT2D eigenvalue weighted by molar-refractivity contribution is 8.24. The van der Waals surface area contributed by atoms with Gasteiger partial charge in [0.2, 0.25) is 5.91 Å². The van der Waals surface area contributed by atoms with E-state index in [1.807, 2.05) is 13.8 Å². The molecular weight excluding hydrogens is 504 g/mol. The second kappa shape index (κ2) is 10.2. The zero-order chi connectivity index (χ0) is 27.2. The third-order valence-corrected chi connectivity index (χ3v) is 9.50. The number of alkyl halides is 2. The van der Waals surface area contributed by atoms with Crippen molar-refractivity contribution in [2.75, 3.05) is 11.5 Å². The summed E-state index contributed by atoms with van der Waals surface area (Å²) in [6.07, 6.45) is 2.60. The Labute approximate surface area is 217 Å². The summed E-state index contributed by atoms with van der Waals surface area (Å²) in [5, 5.41) is 18.7. The van der Waals surface area contributed by atoms with Gasteiger partial charge in [0.05, 0.1) is 17.3 Å². The molecule has 2 aromatic rings. The summed E-state index contributed by atoms with van der Waals surface area (Å²) in [5.41, 5.74) is 1.47. The summed E-state index contributed by atoms with van der Waals surface area (Å²) >= 11 is 0. The standard InChI is InChI=1S/C26H37F2N3O5S/c1-16(25(2,3)33)31-21-15-18(23(32)29-26(4)10-12-37(34,35)13-11-26)8-9-20(21)22(30-31)17-6-5-7-19(14-17)36-24(27)28/h5-7,14,16,18,24,33-35H,8-13,15H2,1-4H3,(H,29,32)/t16?,18-/m1/s1. The molecule has 2 aliphatic rings. The summed E-state index contributed by atoms with van der Waals surface area (Å²) in [7, 11) is -2.55. The van der Waals surface area contributed by atoms with Crippen LogP contribution in [0.25, 0.3) is 11.3 Å². The summed E-state index contributed by atoms with van der Waals surface area (Å²) in [6.45, 7) is 4.27. The van der Waals surface area contributed by atoms with Crippen LogP contribution in [0, 0.1) is 5.92 Å². The van der Waals surface area contributed by atoms with Crippen molar-refractivity contribution in [1.82, 2.24) is 15.1 Å². The third-order valence-electron chi connectivity index (χ3n) is 7.78. The first-order valence-corrected chi connectivity index (χ1v) is 14.5. The lowest BCUT2D eigenvalue weighted by molar-refractivity contribution is -0.127. The number of hydrogen-bond acceptors (Lipinski definition) is 6. The first-order chi connectivity index (χ1) is 17.2. The third kappa shape index (κ3) is 6.27. The quantitative estimate of drug-likeness (QED) is 0.392. The predicted molar refractivity (Wildman–Crippen MR) is 139 cm³/mol. The van der Waals surface area contributed by atoms with Gasteiger partial charge >= 0.3 is 6.61 Å². The Bertz CT molecular complexity index is 1140. The van der Waals surface area contributed by atoms with Crippen molar-refractivity contribution in [1.29, 1.82) is 0 Å². The minimum absolute atomic E-state index is 0.0386. The van der Waals surface area contributed by atoms with Crippen molar-refractivity contribution in [2.45, 2.75) is 83.6 Å². The van der Waals surface area contributed by atoms with Crippen molar-refractivity contribution in [3.8, 4) is 17.0 Å². The molecule has 0 radical (unpaired) electrons. The molecule has 1 unspecified atom stereocenters. The minimum atomic E-state index is -2.94. The largest absolute Gasteiger partial charge is 0.435 e. The summed E-state index contributed by atoms with van der Waals surface area (Å²) in [6, 6.07) is 6.01. The molecule has 11 heteroatoms. The lowest BCUT2D eigenvalue weighted by atomic mass is 9.83. The summed E-state index contributed by atoms with van der Waals surface area (Å²) in [4.78, 5) is 13.3. The molecule has 8 nitrogen and oxygen atoms in total. The molecule has 206 valence electrons. The summed E-state index contributed by atoms with van der Waals surface area (Å²) < 4.78 is 51.8. The smallest absolute Gasteiger partial charge is 0.387 e. The molecular formula is C26H37F2N3O5S.